The highest BCUT2D eigenvalue weighted by Gasteiger charge is 2.17. The lowest BCUT2D eigenvalue weighted by Crippen LogP contribution is -2.48. The van der Waals surface area contributed by atoms with Gasteiger partial charge >= 0.3 is 0 Å². The number of amides is 1. The molecule has 0 radical (unpaired) electrons. The van der Waals surface area contributed by atoms with Crippen molar-refractivity contribution in [2.24, 2.45) is 5.73 Å². The number of hydrogen-bond donors (Lipinski definition) is 2. The highest BCUT2D eigenvalue weighted by molar-refractivity contribution is 7.90. The van der Waals surface area contributed by atoms with Crippen molar-refractivity contribution in [3.63, 3.8) is 0 Å². The molecule has 20 heavy (non-hydrogen) atoms. The first kappa shape index (κ1) is 17.4. The zero-order valence-electron chi connectivity index (χ0n) is 12.3. The van der Waals surface area contributed by atoms with Crippen molar-refractivity contribution in [2.45, 2.75) is 12.5 Å². The minimum Gasteiger partial charge on any atom is -0.353 e. The molecule has 1 unspecified atom stereocenters. The molecule has 7 nitrogen and oxygen atoms in total. The number of sulfone groups is 1. The molecular formula is C12H26N4O3S. The fourth-order valence-corrected chi connectivity index (χ4v) is 2.69. The Morgan fingerprint density at radius 3 is 2.45 bits per heavy atom. The van der Waals surface area contributed by atoms with Crippen LogP contribution in [0.1, 0.15) is 6.42 Å². The maximum Gasteiger partial charge on any atom is 0.236 e. The number of nitrogens with two attached hydrogens (primary N) is 1. The molecule has 0 aromatic carbocycles. The summed E-state index contributed by atoms with van der Waals surface area (Å²) in [7, 11) is -0.971. The van der Waals surface area contributed by atoms with Crippen molar-refractivity contribution in [1.29, 1.82) is 0 Å². The Balaban J connectivity index is 2.16. The quantitative estimate of drug-likeness (QED) is 0.571. The second-order valence-electron chi connectivity index (χ2n) is 5.46. The van der Waals surface area contributed by atoms with Crippen LogP contribution in [0.2, 0.25) is 0 Å². The molecule has 0 aromatic rings. The van der Waals surface area contributed by atoms with Crippen molar-refractivity contribution >= 4 is 15.7 Å². The highest BCUT2D eigenvalue weighted by Crippen LogP contribution is 1.98. The first-order valence-corrected chi connectivity index (χ1v) is 8.96. The standard InChI is InChI=1S/C12H26N4O3S/c1-15-6-8-16(9-7-15)5-4-14-12(17)11(13)3-10-20(2,18)19/h11H,3-10,13H2,1-2H3,(H,14,17). The van der Waals surface area contributed by atoms with Crippen LogP contribution in [0.4, 0.5) is 0 Å². The molecule has 1 aliphatic heterocycles. The molecular weight excluding hydrogens is 280 g/mol. The van der Waals surface area contributed by atoms with Crippen LogP contribution in [0, 0.1) is 0 Å². The molecule has 118 valence electrons. The van der Waals surface area contributed by atoms with Gasteiger partial charge in [-0.2, -0.15) is 0 Å². The fraction of sp³-hybridized carbons (Fsp3) is 0.917. The molecule has 1 heterocycles. The van der Waals surface area contributed by atoms with E-state index in [0.717, 1.165) is 39.0 Å². The number of carbonyl (C=O) groups excluding carboxylic acids is 1. The lowest BCUT2D eigenvalue weighted by atomic mass is 10.2. The smallest absolute Gasteiger partial charge is 0.236 e. The van der Waals surface area contributed by atoms with Crippen LogP contribution in [0.25, 0.3) is 0 Å². The van der Waals surface area contributed by atoms with Gasteiger partial charge < -0.3 is 16.0 Å². The molecule has 0 saturated carbocycles. The van der Waals surface area contributed by atoms with Crippen molar-refractivity contribution in [1.82, 2.24) is 15.1 Å². The molecule has 1 fully saturated rings. The summed E-state index contributed by atoms with van der Waals surface area (Å²) < 4.78 is 22.0. The van der Waals surface area contributed by atoms with Crippen molar-refractivity contribution in [3.8, 4) is 0 Å². The first-order chi connectivity index (χ1) is 9.28. The molecule has 1 aliphatic rings. The molecule has 1 atom stereocenters. The molecule has 0 aromatic heterocycles. The third-order valence-electron chi connectivity index (χ3n) is 3.46. The third-order valence-corrected chi connectivity index (χ3v) is 4.44. The van der Waals surface area contributed by atoms with E-state index in [1.807, 2.05) is 0 Å². The second-order valence-corrected chi connectivity index (χ2v) is 7.72. The molecule has 8 heteroatoms. The van der Waals surface area contributed by atoms with Gasteiger partial charge in [-0.1, -0.05) is 0 Å². The van der Waals surface area contributed by atoms with E-state index in [1.165, 1.54) is 0 Å². The molecule has 0 spiro atoms. The molecule has 0 aliphatic carbocycles. The van der Waals surface area contributed by atoms with Crippen LogP contribution in [0.5, 0.6) is 0 Å². The summed E-state index contributed by atoms with van der Waals surface area (Å²) in [6, 6.07) is -0.753. The number of carbonyl (C=O) groups is 1. The summed E-state index contributed by atoms with van der Waals surface area (Å²) in [6.45, 7) is 5.45. The van der Waals surface area contributed by atoms with Gasteiger partial charge in [0.15, 0.2) is 0 Å². The van der Waals surface area contributed by atoms with E-state index in [9.17, 15) is 13.2 Å². The fourth-order valence-electron chi connectivity index (χ4n) is 2.01. The lowest BCUT2D eigenvalue weighted by molar-refractivity contribution is -0.122. The molecule has 1 saturated heterocycles. The summed E-state index contributed by atoms with van der Waals surface area (Å²) >= 11 is 0. The van der Waals surface area contributed by atoms with Gasteiger partial charge in [0.25, 0.3) is 0 Å². The zero-order valence-corrected chi connectivity index (χ0v) is 13.2. The van der Waals surface area contributed by atoms with Gasteiger partial charge in [0.2, 0.25) is 5.91 Å². The molecule has 1 amide bonds. The van der Waals surface area contributed by atoms with Crippen LogP contribution < -0.4 is 11.1 Å². The maximum atomic E-state index is 11.7. The van der Waals surface area contributed by atoms with E-state index in [1.54, 1.807) is 0 Å². The number of likely N-dealkylation sites (N-methyl/N-ethyl adjacent to an activating group) is 1. The Bertz CT molecular complexity index is 405. The van der Waals surface area contributed by atoms with Crippen molar-refractivity contribution in [2.75, 3.05) is 58.3 Å². The SMILES string of the molecule is CN1CCN(CCNC(=O)C(N)CCS(C)(=O)=O)CC1. The summed E-state index contributed by atoms with van der Waals surface area (Å²) in [6.07, 6.45) is 1.31. The van der Waals surface area contributed by atoms with E-state index < -0.39 is 15.9 Å². The Morgan fingerprint density at radius 1 is 1.30 bits per heavy atom. The van der Waals surface area contributed by atoms with E-state index in [4.69, 9.17) is 5.73 Å². The third kappa shape index (κ3) is 7.18. The average Bonchev–Trinajstić information content (AvgIpc) is 2.37. The van der Waals surface area contributed by atoms with E-state index in [2.05, 4.69) is 22.2 Å². The van der Waals surface area contributed by atoms with E-state index in [0.29, 0.717) is 6.54 Å². The van der Waals surface area contributed by atoms with Gasteiger partial charge in [0, 0.05) is 45.5 Å². The average molecular weight is 306 g/mol. The number of nitrogens with one attached hydrogen (secondary N) is 1. The monoisotopic (exact) mass is 306 g/mol. The van der Waals surface area contributed by atoms with Gasteiger partial charge in [-0.3, -0.25) is 9.69 Å². The van der Waals surface area contributed by atoms with Crippen LogP contribution in [-0.4, -0.2) is 88.5 Å². The Hall–Kier alpha value is -0.700. The predicted molar refractivity (Wildman–Crippen MR) is 79.2 cm³/mol. The number of piperazine rings is 1. The maximum absolute atomic E-state index is 11.7. The predicted octanol–water partition coefficient (Wildman–Crippen LogP) is -1.89. The number of nitrogens with zero attached hydrogens (tertiary/aromatic N) is 2. The van der Waals surface area contributed by atoms with Crippen molar-refractivity contribution in [3.05, 3.63) is 0 Å². The number of hydrogen-bond acceptors (Lipinski definition) is 6. The zero-order chi connectivity index (χ0) is 15.2. The lowest BCUT2D eigenvalue weighted by Gasteiger charge is -2.32. The summed E-state index contributed by atoms with van der Waals surface area (Å²) in [5.41, 5.74) is 5.67. The summed E-state index contributed by atoms with van der Waals surface area (Å²) in [4.78, 5) is 16.3. The van der Waals surface area contributed by atoms with Gasteiger partial charge in [-0.25, -0.2) is 8.42 Å². The largest absolute Gasteiger partial charge is 0.353 e. The minimum atomic E-state index is -3.07. The number of rotatable bonds is 7. The van der Waals surface area contributed by atoms with E-state index in [-0.39, 0.29) is 18.1 Å². The Morgan fingerprint density at radius 2 is 1.90 bits per heavy atom. The summed E-state index contributed by atoms with van der Waals surface area (Å²) in [5, 5.41) is 2.76. The topological polar surface area (TPSA) is 95.7 Å². The highest BCUT2D eigenvalue weighted by atomic mass is 32.2. The van der Waals surface area contributed by atoms with Crippen molar-refractivity contribution < 1.29 is 13.2 Å². The van der Waals surface area contributed by atoms with Crippen LogP contribution in [0.3, 0.4) is 0 Å². The second kappa shape index (κ2) is 7.92. The Labute approximate surface area is 121 Å². The van der Waals surface area contributed by atoms with Gasteiger partial charge in [-0.15, -0.1) is 0 Å². The molecule has 3 N–H and O–H groups in total. The van der Waals surface area contributed by atoms with Crippen LogP contribution in [0.15, 0.2) is 0 Å². The van der Waals surface area contributed by atoms with Gasteiger partial charge in [0.1, 0.15) is 9.84 Å². The van der Waals surface area contributed by atoms with E-state index >= 15 is 0 Å². The van der Waals surface area contributed by atoms with Gasteiger partial charge in [-0.05, 0) is 13.5 Å². The minimum absolute atomic E-state index is 0.0555. The summed E-state index contributed by atoms with van der Waals surface area (Å²) in [5.74, 6) is -0.331. The van der Waals surface area contributed by atoms with Crippen LogP contribution in [-0.2, 0) is 14.6 Å². The van der Waals surface area contributed by atoms with Crippen LogP contribution >= 0.6 is 0 Å². The van der Waals surface area contributed by atoms with Gasteiger partial charge in [0.05, 0.1) is 11.8 Å². The molecule has 1 rings (SSSR count). The first-order valence-electron chi connectivity index (χ1n) is 6.90. The Kier molecular flexibility index (Phi) is 6.87. The normalized spacial score (nSPS) is 19.8. The molecule has 0 bridgehead atoms.